The Morgan fingerprint density at radius 3 is 2.54 bits per heavy atom. The van der Waals surface area contributed by atoms with E-state index in [1.807, 2.05) is 0 Å². The lowest BCUT2D eigenvalue weighted by Crippen LogP contribution is -2.21. The topological polar surface area (TPSA) is 84.5 Å². The molecular formula is C19H17ClN2O4. The van der Waals surface area contributed by atoms with Gasteiger partial charge in [0.05, 0.1) is 0 Å². The van der Waals surface area contributed by atoms with Gasteiger partial charge < -0.3 is 15.4 Å². The molecule has 2 rings (SSSR count). The largest absolute Gasteiger partial charge is 0.452 e. The molecule has 0 spiro atoms. The van der Waals surface area contributed by atoms with Gasteiger partial charge in [-0.2, -0.15) is 0 Å². The van der Waals surface area contributed by atoms with E-state index in [9.17, 15) is 14.4 Å². The van der Waals surface area contributed by atoms with Crippen LogP contribution in [0.15, 0.2) is 54.6 Å². The highest BCUT2D eigenvalue weighted by atomic mass is 35.5. The number of rotatable bonds is 6. The zero-order valence-corrected chi connectivity index (χ0v) is 14.7. The first kappa shape index (κ1) is 19.2. The normalized spacial score (nSPS) is 10.4. The quantitative estimate of drug-likeness (QED) is 0.603. The number of esters is 1. The van der Waals surface area contributed by atoms with Gasteiger partial charge in [0.1, 0.15) is 0 Å². The number of halogens is 1. The summed E-state index contributed by atoms with van der Waals surface area (Å²) in [5, 5.41) is 5.66. The van der Waals surface area contributed by atoms with Crippen LogP contribution in [0.1, 0.15) is 15.9 Å². The molecule has 2 aromatic rings. The Balaban J connectivity index is 1.83. The number of hydrogen-bond donors (Lipinski definition) is 2. The average molecular weight is 373 g/mol. The number of nitrogens with one attached hydrogen (secondary N) is 2. The molecule has 0 aliphatic heterocycles. The lowest BCUT2D eigenvalue weighted by molar-refractivity contribution is -0.142. The van der Waals surface area contributed by atoms with Gasteiger partial charge in [0.2, 0.25) is 0 Å². The third-order valence-electron chi connectivity index (χ3n) is 3.26. The van der Waals surface area contributed by atoms with Crippen LogP contribution in [0.5, 0.6) is 0 Å². The zero-order chi connectivity index (χ0) is 18.9. The van der Waals surface area contributed by atoms with E-state index in [0.717, 1.165) is 5.56 Å². The molecule has 0 aliphatic rings. The maximum atomic E-state index is 11.9. The fourth-order valence-corrected chi connectivity index (χ4v) is 2.13. The summed E-state index contributed by atoms with van der Waals surface area (Å²) in [4.78, 5) is 35.1. The summed E-state index contributed by atoms with van der Waals surface area (Å²) in [6.45, 7) is -0.437. The van der Waals surface area contributed by atoms with E-state index in [2.05, 4.69) is 10.6 Å². The first-order valence-corrected chi connectivity index (χ1v) is 8.08. The second-order valence-corrected chi connectivity index (χ2v) is 5.64. The van der Waals surface area contributed by atoms with Crippen LogP contribution >= 0.6 is 11.6 Å². The molecule has 0 aromatic heterocycles. The summed E-state index contributed by atoms with van der Waals surface area (Å²) in [6.07, 6.45) is 2.78. The first-order valence-electron chi connectivity index (χ1n) is 7.70. The molecule has 0 aliphatic carbocycles. The third kappa shape index (κ3) is 6.07. The summed E-state index contributed by atoms with van der Waals surface area (Å²) in [6, 6.07) is 13.3. The summed E-state index contributed by atoms with van der Waals surface area (Å²) in [5.41, 5.74) is 1.62. The minimum atomic E-state index is -0.644. The highest BCUT2D eigenvalue weighted by Gasteiger charge is 2.08. The molecular weight excluding hydrogens is 356 g/mol. The second-order valence-electron chi connectivity index (χ2n) is 5.20. The Morgan fingerprint density at radius 2 is 1.85 bits per heavy atom. The highest BCUT2D eigenvalue weighted by Crippen LogP contribution is 2.11. The Morgan fingerprint density at radius 1 is 1.12 bits per heavy atom. The maximum absolute atomic E-state index is 11.9. The van der Waals surface area contributed by atoms with Crippen LogP contribution < -0.4 is 10.6 Å². The smallest absolute Gasteiger partial charge is 0.331 e. The van der Waals surface area contributed by atoms with Crippen LogP contribution in [-0.4, -0.2) is 31.4 Å². The number of hydrogen-bond acceptors (Lipinski definition) is 4. The predicted molar refractivity (Wildman–Crippen MR) is 99.9 cm³/mol. The van der Waals surface area contributed by atoms with Gasteiger partial charge in [0.25, 0.3) is 11.8 Å². The molecule has 0 saturated carbocycles. The molecule has 0 radical (unpaired) electrons. The van der Waals surface area contributed by atoms with Gasteiger partial charge in [0, 0.05) is 29.4 Å². The number of anilines is 1. The number of carbonyl (C=O) groups excluding carboxylic acids is 3. The highest BCUT2D eigenvalue weighted by molar-refractivity contribution is 6.30. The van der Waals surface area contributed by atoms with Crippen molar-refractivity contribution in [3.63, 3.8) is 0 Å². The van der Waals surface area contributed by atoms with Crippen molar-refractivity contribution in [2.75, 3.05) is 19.0 Å². The third-order valence-corrected chi connectivity index (χ3v) is 3.51. The van der Waals surface area contributed by atoms with Gasteiger partial charge in [-0.3, -0.25) is 9.59 Å². The molecule has 0 bridgehead atoms. The zero-order valence-electron chi connectivity index (χ0n) is 14.0. The molecule has 7 heteroatoms. The van der Waals surface area contributed by atoms with Crippen LogP contribution in [-0.2, 0) is 14.3 Å². The summed E-state index contributed by atoms with van der Waals surface area (Å²) in [7, 11) is 1.52. The van der Waals surface area contributed by atoms with Crippen LogP contribution in [0.3, 0.4) is 0 Å². The molecule has 0 saturated heterocycles. The van der Waals surface area contributed by atoms with Crippen molar-refractivity contribution in [3.8, 4) is 0 Å². The van der Waals surface area contributed by atoms with Gasteiger partial charge in [-0.25, -0.2) is 4.79 Å². The molecule has 134 valence electrons. The van der Waals surface area contributed by atoms with Crippen molar-refractivity contribution < 1.29 is 19.1 Å². The van der Waals surface area contributed by atoms with Gasteiger partial charge in [0.15, 0.2) is 6.61 Å². The van der Waals surface area contributed by atoms with E-state index in [-0.39, 0.29) is 5.91 Å². The van der Waals surface area contributed by atoms with Crippen molar-refractivity contribution in [1.82, 2.24) is 5.32 Å². The number of carbonyl (C=O) groups is 3. The van der Waals surface area contributed by atoms with Crippen LogP contribution in [0.4, 0.5) is 5.69 Å². The number of benzene rings is 2. The van der Waals surface area contributed by atoms with Crippen molar-refractivity contribution in [1.29, 1.82) is 0 Å². The molecule has 2 aromatic carbocycles. The average Bonchev–Trinajstić information content (AvgIpc) is 2.65. The molecule has 0 fully saturated rings. The summed E-state index contributed by atoms with van der Waals surface area (Å²) < 4.78 is 4.88. The van der Waals surface area contributed by atoms with E-state index >= 15 is 0 Å². The van der Waals surface area contributed by atoms with Gasteiger partial charge >= 0.3 is 5.97 Å². The minimum absolute atomic E-state index is 0.264. The fourth-order valence-electron chi connectivity index (χ4n) is 2.00. The molecule has 0 unspecified atom stereocenters. The van der Waals surface area contributed by atoms with E-state index < -0.39 is 18.5 Å². The SMILES string of the molecule is CNC(=O)c1cccc(NC(=O)COC(=O)/C=C/c2ccc(Cl)cc2)c1. The minimum Gasteiger partial charge on any atom is -0.452 e. The molecule has 6 nitrogen and oxygen atoms in total. The molecule has 2 amide bonds. The lowest BCUT2D eigenvalue weighted by Gasteiger charge is -2.07. The van der Waals surface area contributed by atoms with Gasteiger partial charge in [-0.05, 0) is 42.0 Å². The van der Waals surface area contributed by atoms with Gasteiger partial charge in [-0.1, -0.05) is 29.8 Å². The Bertz CT molecular complexity index is 832. The molecule has 0 heterocycles. The number of amides is 2. The number of ether oxygens (including phenoxy) is 1. The van der Waals surface area contributed by atoms with Crippen molar-refractivity contribution >= 4 is 41.1 Å². The van der Waals surface area contributed by atoms with Crippen molar-refractivity contribution in [2.45, 2.75) is 0 Å². The fraction of sp³-hybridized carbons (Fsp3) is 0.105. The van der Waals surface area contributed by atoms with E-state index in [0.29, 0.717) is 16.3 Å². The Labute approximate surface area is 155 Å². The summed E-state index contributed by atoms with van der Waals surface area (Å²) in [5.74, 6) is -1.42. The van der Waals surface area contributed by atoms with Crippen LogP contribution in [0, 0.1) is 0 Å². The summed E-state index contributed by atoms with van der Waals surface area (Å²) >= 11 is 5.78. The Kier molecular flexibility index (Phi) is 6.93. The van der Waals surface area contributed by atoms with Crippen molar-refractivity contribution in [2.24, 2.45) is 0 Å². The first-order chi connectivity index (χ1) is 12.5. The standard InChI is InChI=1S/C19H17ClN2O4/c1-21-19(25)14-3-2-4-16(11-14)22-17(23)12-26-18(24)10-7-13-5-8-15(20)9-6-13/h2-11H,12H2,1H3,(H,21,25)(H,22,23)/b10-7+. The van der Waals surface area contributed by atoms with E-state index in [1.54, 1.807) is 48.5 Å². The predicted octanol–water partition coefficient (Wildman–Crippen LogP) is 2.89. The van der Waals surface area contributed by atoms with Crippen molar-refractivity contribution in [3.05, 3.63) is 70.8 Å². The second kappa shape index (κ2) is 9.39. The molecule has 26 heavy (non-hydrogen) atoms. The van der Waals surface area contributed by atoms with E-state index in [1.165, 1.54) is 19.2 Å². The molecule has 0 atom stereocenters. The maximum Gasteiger partial charge on any atom is 0.331 e. The van der Waals surface area contributed by atoms with Crippen LogP contribution in [0.25, 0.3) is 6.08 Å². The molecule has 2 N–H and O–H groups in total. The monoisotopic (exact) mass is 372 g/mol. The van der Waals surface area contributed by atoms with Crippen LogP contribution in [0.2, 0.25) is 5.02 Å². The lowest BCUT2D eigenvalue weighted by atomic mass is 10.2. The Hall–Kier alpha value is -3.12. The van der Waals surface area contributed by atoms with E-state index in [4.69, 9.17) is 16.3 Å². The van der Waals surface area contributed by atoms with Gasteiger partial charge in [-0.15, -0.1) is 0 Å².